The third-order valence-electron chi connectivity index (χ3n) is 2.32. The zero-order valence-corrected chi connectivity index (χ0v) is 10.9. The number of hydrogen-bond acceptors (Lipinski definition) is 1. The van der Waals surface area contributed by atoms with Crippen LogP contribution in [0, 0.1) is 5.92 Å². The molecule has 1 nitrogen and oxygen atoms in total. The van der Waals surface area contributed by atoms with Crippen molar-refractivity contribution in [3.8, 4) is 0 Å². The Balaban J connectivity index is 2.41. The van der Waals surface area contributed by atoms with E-state index in [9.17, 15) is 4.79 Å². The minimum Gasteiger partial charge on any atom is -0.299 e. The van der Waals surface area contributed by atoms with Crippen LogP contribution in [-0.4, -0.2) is 5.78 Å². The van der Waals surface area contributed by atoms with Gasteiger partial charge in [-0.25, -0.2) is 0 Å². The molecule has 1 aromatic carbocycles. The van der Waals surface area contributed by atoms with Crippen molar-refractivity contribution in [1.29, 1.82) is 0 Å². The van der Waals surface area contributed by atoms with Crippen molar-refractivity contribution >= 4 is 21.7 Å². The fraction of sp³-hybridized carbons (Fsp3) is 0.462. The van der Waals surface area contributed by atoms with Crippen LogP contribution in [0.2, 0.25) is 0 Å². The summed E-state index contributed by atoms with van der Waals surface area (Å²) in [5.74, 6) is 0.949. The van der Waals surface area contributed by atoms with Crippen LogP contribution in [0.4, 0.5) is 0 Å². The molecule has 1 rings (SSSR count). The molecule has 0 amide bonds. The van der Waals surface area contributed by atoms with E-state index in [4.69, 9.17) is 0 Å². The maximum absolute atomic E-state index is 11.6. The van der Waals surface area contributed by atoms with E-state index in [-0.39, 0.29) is 0 Å². The highest BCUT2D eigenvalue weighted by Crippen LogP contribution is 2.12. The number of carbonyl (C=O) groups is 1. The summed E-state index contributed by atoms with van der Waals surface area (Å²) in [4.78, 5) is 11.6. The van der Waals surface area contributed by atoms with E-state index < -0.39 is 0 Å². The zero-order valence-electron chi connectivity index (χ0n) is 9.29. The predicted molar refractivity (Wildman–Crippen MR) is 66.9 cm³/mol. The lowest BCUT2D eigenvalue weighted by Crippen LogP contribution is -2.04. The Morgan fingerprint density at radius 3 is 2.40 bits per heavy atom. The van der Waals surface area contributed by atoms with Gasteiger partial charge in [0.15, 0.2) is 0 Å². The van der Waals surface area contributed by atoms with Crippen molar-refractivity contribution in [1.82, 2.24) is 0 Å². The van der Waals surface area contributed by atoms with Crippen LogP contribution < -0.4 is 0 Å². The molecule has 0 saturated heterocycles. The van der Waals surface area contributed by atoms with Crippen molar-refractivity contribution in [2.24, 2.45) is 5.92 Å². The van der Waals surface area contributed by atoms with E-state index in [2.05, 4.69) is 29.8 Å². The first-order chi connectivity index (χ1) is 7.08. The molecule has 0 aliphatic heterocycles. The standard InChI is InChI=1S/C13H17BrO/c1-10(2)3-8-13(15)9-11-4-6-12(14)7-5-11/h4-7,10H,3,8-9H2,1-2H3. The van der Waals surface area contributed by atoms with Crippen molar-refractivity contribution in [2.75, 3.05) is 0 Å². The summed E-state index contributed by atoms with van der Waals surface area (Å²) < 4.78 is 1.06. The van der Waals surface area contributed by atoms with E-state index in [1.807, 2.05) is 24.3 Å². The molecular formula is C13H17BrO. The lowest BCUT2D eigenvalue weighted by atomic mass is 10.0. The van der Waals surface area contributed by atoms with Gasteiger partial charge in [0.1, 0.15) is 5.78 Å². The zero-order chi connectivity index (χ0) is 11.3. The summed E-state index contributed by atoms with van der Waals surface area (Å²) in [5, 5.41) is 0. The Hall–Kier alpha value is -0.630. The lowest BCUT2D eigenvalue weighted by molar-refractivity contribution is -0.118. The second kappa shape index (κ2) is 6.06. The number of carbonyl (C=O) groups excluding carboxylic acids is 1. The maximum atomic E-state index is 11.6. The average Bonchev–Trinajstić information content (AvgIpc) is 2.19. The summed E-state index contributed by atoms with van der Waals surface area (Å²) >= 11 is 3.38. The van der Waals surface area contributed by atoms with Gasteiger partial charge in [0, 0.05) is 17.3 Å². The van der Waals surface area contributed by atoms with Crippen LogP contribution in [0.5, 0.6) is 0 Å². The summed E-state index contributed by atoms with van der Waals surface area (Å²) in [6.45, 7) is 4.29. The Kier molecular flexibility index (Phi) is 5.03. The van der Waals surface area contributed by atoms with Gasteiger partial charge in [-0.2, -0.15) is 0 Å². The number of benzene rings is 1. The molecule has 0 spiro atoms. The second-order valence-corrected chi connectivity index (χ2v) is 5.19. The first-order valence-corrected chi connectivity index (χ1v) is 6.13. The molecule has 0 bridgehead atoms. The number of hydrogen-bond donors (Lipinski definition) is 0. The summed E-state index contributed by atoms with van der Waals surface area (Å²) in [6.07, 6.45) is 2.27. The van der Waals surface area contributed by atoms with Crippen LogP contribution in [0.25, 0.3) is 0 Å². The Morgan fingerprint density at radius 1 is 1.27 bits per heavy atom. The van der Waals surface area contributed by atoms with Crippen LogP contribution in [0.15, 0.2) is 28.7 Å². The van der Waals surface area contributed by atoms with Crippen LogP contribution >= 0.6 is 15.9 Å². The monoisotopic (exact) mass is 268 g/mol. The van der Waals surface area contributed by atoms with Gasteiger partial charge in [0.05, 0.1) is 0 Å². The number of rotatable bonds is 5. The van der Waals surface area contributed by atoms with Gasteiger partial charge in [-0.1, -0.05) is 41.9 Å². The first-order valence-electron chi connectivity index (χ1n) is 5.34. The molecule has 2 heteroatoms. The topological polar surface area (TPSA) is 17.1 Å². The molecule has 0 N–H and O–H groups in total. The quantitative estimate of drug-likeness (QED) is 0.789. The van der Waals surface area contributed by atoms with E-state index in [1.54, 1.807) is 0 Å². The molecule has 1 aromatic rings. The molecule has 82 valence electrons. The molecular weight excluding hydrogens is 252 g/mol. The average molecular weight is 269 g/mol. The van der Waals surface area contributed by atoms with Crippen molar-refractivity contribution in [2.45, 2.75) is 33.1 Å². The fourth-order valence-corrected chi connectivity index (χ4v) is 1.63. The third-order valence-corrected chi connectivity index (χ3v) is 2.84. The molecule has 0 fully saturated rings. The minimum absolute atomic E-state index is 0.339. The van der Waals surface area contributed by atoms with Crippen molar-refractivity contribution < 1.29 is 4.79 Å². The second-order valence-electron chi connectivity index (χ2n) is 4.27. The highest BCUT2D eigenvalue weighted by atomic mass is 79.9. The van der Waals surface area contributed by atoms with Gasteiger partial charge >= 0.3 is 0 Å². The Labute approximate surface area is 100 Å². The molecule has 15 heavy (non-hydrogen) atoms. The fourth-order valence-electron chi connectivity index (χ4n) is 1.37. The molecule has 0 aliphatic carbocycles. The molecule has 0 aromatic heterocycles. The maximum Gasteiger partial charge on any atom is 0.137 e. The molecule has 0 radical (unpaired) electrons. The van der Waals surface area contributed by atoms with Gasteiger partial charge in [-0.05, 0) is 30.0 Å². The normalized spacial score (nSPS) is 10.7. The van der Waals surface area contributed by atoms with E-state index in [0.29, 0.717) is 24.5 Å². The molecule has 0 heterocycles. The smallest absolute Gasteiger partial charge is 0.137 e. The summed E-state index contributed by atoms with van der Waals surface area (Å²) in [7, 11) is 0. The van der Waals surface area contributed by atoms with Crippen LogP contribution in [0.1, 0.15) is 32.3 Å². The highest BCUT2D eigenvalue weighted by Gasteiger charge is 2.04. The minimum atomic E-state index is 0.339. The highest BCUT2D eigenvalue weighted by molar-refractivity contribution is 9.10. The van der Waals surface area contributed by atoms with Crippen molar-refractivity contribution in [3.05, 3.63) is 34.3 Å². The Morgan fingerprint density at radius 2 is 1.87 bits per heavy atom. The number of Topliss-reactive ketones (excluding diaryl/α,β-unsaturated/α-hetero) is 1. The van der Waals surface area contributed by atoms with Crippen LogP contribution in [-0.2, 0) is 11.2 Å². The number of halogens is 1. The van der Waals surface area contributed by atoms with E-state index in [1.165, 1.54) is 0 Å². The molecule has 0 unspecified atom stereocenters. The molecule has 0 aliphatic rings. The SMILES string of the molecule is CC(C)CCC(=O)Cc1ccc(Br)cc1. The van der Waals surface area contributed by atoms with Gasteiger partial charge in [0.2, 0.25) is 0 Å². The summed E-state index contributed by atoms with van der Waals surface area (Å²) in [6, 6.07) is 7.95. The predicted octanol–water partition coefficient (Wildman–Crippen LogP) is 4.00. The van der Waals surface area contributed by atoms with Gasteiger partial charge < -0.3 is 0 Å². The van der Waals surface area contributed by atoms with E-state index in [0.717, 1.165) is 16.5 Å². The molecule has 0 saturated carbocycles. The first kappa shape index (κ1) is 12.4. The molecule has 0 atom stereocenters. The van der Waals surface area contributed by atoms with Gasteiger partial charge in [0.25, 0.3) is 0 Å². The van der Waals surface area contributed by atoms with E-state index >= 15 is 0 Å². The lowest BCUT2D eigenvalue weighted by Gasteiger charge is -2.04. The number of ketones is 1. The van der Waals surface area contributed by atoms with Gasteiger partial charge in [-0.15, -0.1) is 0 Å². The largest absolute Gasteiger partial charge is 0.299 e. The Bertz CT molecular complexity index is 314. The summed E-state index contributed by atoms with van der Waals surface area (Å²) in [5.41, 5.74) is 1.10. The van der Waals surface area contributed by atoms with Gasteiger partial charge in [-0.3, -0.25) is 4.79 Å². The third kappa shape index (κ3) is 5.12. The van der Waals surface area contributed by atoms with Crippen LogP contribution in [0.3, 0.4) is 0 Å². The van der Waals surface area contributed by atoms with Crippen molar-refractivity contribution in [3.63, 3.8) is 0 Å².